The highest BCUT2D eigenvalue weighted by Crippen LogP contribution is 2.27. The van der Waals surface area contributed by atoms with Gasteiger partial charge in [0.1, 0.15) is 5.69 Å². The molecule has 0 saturated heterocycles. The van der Waals surface area contributed by atoms with Crippen LogP contribution in [0.4, 0.5) is 32.4 Å². The Bertz CT molecular complexity index is 753. The summed E-state index contributed by atoms with van der Waals surface area (Å²) in [6.07, 6.45) is -1.50. The molecule has 1 amide bonds. The largest absolute Gasteiger partial charge is 0.418 e. The number of thiocarbonyl (C=S) groups is 1. The Morgan fingerprint density at radius 2 is 1.35 bits per heavy atom. The van der Waals surface area contributed by atoms with E-state index in [1.165, 1.54) is 17.4 Å². The second kappa shape index (κ2) is 6.69. The molecule has 0 spiro atoms. The zero-order valence-electron chi connectivity index (χ0n) is 11.0. The normalized spacial score (nSPS) is 10.3. The summed E-state index contributed by atoms with van der Waals surface area (Å²) in [5.74, 6) is -11.1. The summed E-state index contributed by atoms with van der Waals surface area (Å²) < 4.78 is 70.2. The van der Waals surface area contributed by atoms with Gasteiger partial charge in [0.25, 0.3) is 0 Å². The van der Waals surface area contributed by atoms with Crippen molar-refractivity contribution in [2.45, 2.75) is 0 Å². The number of hydrogen-bond donors (Lipinski definition) is 1. The Kier molecular flexibility index (Phi) is 4.89. The van der Waals surface area contributed by atoms with Crippen LogP contribution in [0.2, 0.25) is 0 Å². The van der Waals surface area contributed by atoms with Crippen molar-refractivity contribution in [3.8, 4) is 0 Å². The molecule has 1 N–H and O–H groups in total. The first-order chi connectivity index (χ1) is 10.8. The van der Waals surface area contributed by atoms with E-state index in [2.05, 4.69) is 4.74 Å². The molecule has 0 heterocycles. The number of ether oxygens (including phenoxy) is 1. The lowest BCUT2D eigenvalue weighted by atomic mass is 10.2. The first kappa shape index (κ1) is 16.8. The first-order valence-electron chi connectivity index (χ1n) is 5.92. The number of rotatable bonds is 2. The molecule has 0 radical (unpaired) electrons. The molecule has 0 bridgehead atoms. The summed E-state index contributed by atoms with van der Waals surface area (Å²) in [7, 11) is 0. The summed E-state index contributed by atoms with van der Waals surface area (Å²) in [6.45, 7) is 0. The number of halogens is 5. The van der Waals surface area contributed by atoms with Crippen LogP contribution in [0.5, 0.6) is 0 Å². The third-order valence-electron chi connectivity index (χ3n) is 2.63. The maximum atomic E-state index is 13.4. The predicted molar refractivity (Wildman–Crippen MR) is 74.5 cm³/mol. The van der Waals surface area contributed by atoms with Crippen molar-refractivity contribution in [1.29, 1.82) is 0 Å². The number of hydrogen-bond acceptors (Lipinski definition) is 3. The van der Waals surface area contributed by atoms with Gasteiger partial charge in [-0.05, 0) is 12.2 Å². The molecule has 0 aliphatic rings. The maximum Gasteiger partial charge on any atom is 0.418 e. The molecular weight excluding hydrogens is 341 g/mol. The molecule has 2 rings (SSSR count). The molecule has 0 atom stereocenters. The van der Waals surface area contributed by atoms with Gasteiger partial charge in [-0.15, -0.1) is 0 Å². The van der Waals surface area contributed by atoms with Crippen LogP contribution in [-0.4, -0.2) is 11.1 Å². The third kappa shape index (κ3) is 3.45. The van der Waals surface area contributed by atoms with E-state index in [-0.39, 0.29) is 5.05 Å². The highest BCUT2D eigenvalue weighted by atomic mass is 32.1. The molecule has 2 aromatic carbocycles. The van der Waals surface area contributed by atoms with E-state index in [9.17, 15) is 26.7 Å². The van der Waals surface area contributed by atoms with Crippen molar-refractivity contribution in [3.63, 3.8) is 0 Å². The minimum atomic E-state index is -2.33. The van der Waals surface area contributed by atoms with Crippen LogP contribution in [-0.2, 0) is 4.74 Å². The van der Waals surface area contributed by atoms with Crippen molar-refractivity contribution < 1.29 is 31.5 Å². The Morgan fingerprint density at radius 1 is 0.870 bits per heavy atom. The van der Waals surface area contributed by atoms with Gasteiger partial charge in [0, 0.05) is 5.56 Å². The molecular formula is C14H6F5NO2S. The minimum Gasteiger partial charge on any atom is -0.397 e. The average Bonchev–Trinajstić information content (AvgIpc) is 2.56. The van der Waals surface area contributed by atoms with E-state index >= 15 is 0 Å². The smallest absolute Gasteiger partial charge is 0.397 e. The molecule has 0 aromatic heterocycles. The molecule has 23 heavy (non-hydrogen) atoms. The van der Waals surface area contributed by atoms with Crippen molar-refractivity contribution in [2.75, 3.05) is 5.32 Å². The van der Waals surface area contributed by atoms with Crippen LogP contribution < -0.4 is 5.32 Å². The monoisotopic (exact) mass is 347 g/mol. The molecule has 2 aromatic rings. The predicted octanol–water partition coefficient (Wildman–Crippen LogP) is 4.31. The van der Waals surface area contributed by atoms with Crippen molar-refractivity contribution in [1.82, 2.24) is 0 Å². The molecule has 0 aliphatic heterocycles. The van der Waals surface area contributed by atoms with E-state index in [0.717, 1.165) is 0 Å². The lowest BCUT2D eigenvalue weighted by Gasteiger charge is -2.10. The average molecular weight is 347 g/mol. The second-order valence-electron chi connectivity index (χ2n) is 4.11. The quantitative estimate of drug-likeness (QED) is 0.381. The molecule has 120 valence electrons. The fourth-order valence-corrected chi connectivity index (χ4v) is 1.77. The Morgan fingerprint density at radius 3 is 1.87 bits per heavy atom. The molecule has 9 heteroatoms. The molecule has 0 unspecified atom stereocenters. The van der Waals surface area contributed by atoms with Gasteiger partial charge in [0.15, 0.2) is 23.3 Å². The molecule has 0 aliphatic carbocycles. The van der Waals surface area contributed by atoms with Crippen LogP contribution in [0.25, 0.3) is 0 Å². The van der Waals surface area contributed by atoms with Crippen LogP contribution in [0.3, 0.4) is 0 Å². The highest BCUT2D eigenvalue weighted by Gasteiger charge is 2.27. The maximum absolute atomic E-state index is 13.4. The van der Waals surface area contributed by atoms with Crippen molar-refractivity contribution in [3.05, 3.63) is 65.0 Å². The Labute approximate surface area is 131 Å². The zero-order valence-corrected chi connectivity index (χ0v) is 11.8. The Hall–Kier alpha value is -2.55. The molecule has 0 fully saturated rings. The number of anilines is 1. The fourth-order valence-electron chi connectivity index (χ4n) is 1.56. The minimum absolute atomic E-state index is 0.315. The summed E-state index contributed by atoms with van der Waals surface area (Å²) in [5, 5.41) is 1.10. The van der Waals surface area contributed by atoms with Gasteiger partial charge >= 0.3 is 6.09 Å². The van der Waals surface area contributed by atoms with Gasteiger partial charge in [-0.2, -0.15) is 0 Å². The number of amides is 1. The van der Waals surface area contributed by atoms with Crippen molar-refractivity contribution in [2.24, 2.45) is 0 Å². The summed E-state index contributed by atoms with van der Waals surface area (Å²) in [5.41, 5.74) is -1.21. The van der Waals surface area contributed by atoms with Gasteiger partial charge in [0.2, 0.25) is 10.9 Å². The van der Waals surface area contributed by atoms with E-state index in [1.54, 1.807) is 18.2 Å². The summed E-state index contributed by atoms with van der Waals surface area (Å²) in [6, 6.07) is 7.84. The van der Waals surface area contributed by atoms with E-state index in [0.29, 0.717) is 5.56 Å². The van der Waals surface area contributed by atoms with Gasteiger partial charge in [-0.3, -0.25) is 5.32 Å². The van der Waals surface area contributed by atoms with E-state index < -0.39 is 40.9 Å². The molecule has 0 saturated carbocycles. The van der Waals surface area contributed by atoms with Gasteiger partial charge in [0.05, 0.1) is 0 Å². The lowest BCUT2D eigenvalue weighted by Crippen LogP contribution is -2.20. The third-order valence-corrected chi connectivity index (χ3v) is 2.95. The lowest BCUT2D eigenvalue weighted by molar-refractivity contribution is 0.213. The van der Waals surface area contributed by atoms with Crippen LogP contribution in [0.1, 0.15) is 5.56 Å². The van der Waals surface area contributed by atoms with Crippen LogP contribution in [0, 0.1) is 29.1 Å². The summed E-state index contributed by atoms with van der Waals surface area (Å²) in [4.78, 5) is 11.5. The fraction of sp³-hybridized carbons (Fsp3) is 0. The van der Waals surface area contributed by atoms with Crippen LogP contribution >= 0.6 is 12.2 Å². The second-order valence-corrected chi connectivity index (χ2v) is 4.48. The van der Waals surface area contributed by atoms with E-state index in [4.69, 9.17) is 12.2 Å². The topological polar surface area (TPSA) is 38.3 Å². The standard InChI is InChI=1S/C14H6F5NO2S/c15-7-8(16)10(18)12(11(19)9(7)17)20-14(21)22-13(23)6-4-2-1-3-5-6/h1-5H,(H,20,21). The number of carbonyl (C=O) groups excluding carboxylic acids is 1. The number of nitrogens with one attached hydrogen (secondary N) is 1. The Balaban J connectivity index is 2.20. The van der Waals surface area contributed by atoms with Crippen molar-refractivity contribution >= 4 is 29.0 Å². The molecule has 3 nitrogen and oxygen atoms in total. The number of carbonyl (C=O) groups is 1. The summed E-state index contributed by atoms with van der Waals surface area (Å²) >= 11 is 4.77. The van der Waals surface area contributed by atoms with Gasteiger partial charge in [-0.1, -0.05) is 30.3 Å². The zero-order chi connectivity index (χ0) is 17.1. The first-order valence-corrected chi connectivity index (χ1v) is 6.33. The highest BCUT2D eigenvalue weighted by molar-refractivity contribution is 7.80. The van der Waals surface area contributed by atoms with Gasteiger partial charge < -0.3 is 4.74 Å². The number of benzene rings is 2. The SMILES string of the molecule is O=C(Nc1c(F)c(F)c(F)c(F)c1F)OC(=S)c1ccccc1. The van der Waals surface area contributed by atoms with Crippen LogP contribution in [0.15, 0.2) is 30.3 Å². The van der Waals surface area contributed by atoms with E-state index in [1.807, 2.05) is 0 Å². The van der Waals surface area contributed by atoms with Gasteiger partial charge in [-0.25, -0.2) is 26.7 Å².